The first-order valence-corrected chi connectivity index (χ1v) is 9.90. The van der Waals surface area contributed by atoms with E-state index < -0.39 is 5.91 Å². The summed E-state index contributed by atoms with van der Waals surface area (Å²) in [6.45, 7) is 4.95. The van der Waals surface area contributed by atoms with Gasteiger partial charge in [0.1, 0.15) is 5.76 Å². The summed E-state index contributed by atoms with van der Waals surface area (Å²) in [5, 5.41) is 1.73. The van der Waals surface area contributed by atoms with Crippen LogP contribution in [-0.4, -0.2) is 10.5 Å². The maximum Gasteiger partial charge on any atom is 0.249 e. The fraction of sp³-hybridized carbons (Fsp3) is 0.115. The molecule has 2 heterocycles. The van der Waals surface area contributed by atoms with Crippen LogP contribution in [0.3, 0.4) is 0 Å². The van der Waals surface area contributed by atoms with Crippen molar-refractivity contribution in [1.82, 2.24) is 4.57 Å². The summed E-state index contributed by atoms with van der Waals surface area (Å²) < 4.78 is 7.84. The van der Waals surface area contributed by atoms with E-state index in [0.717, 1.165) is 33.1 Å². The molecule has 5 rings (SSSR count). The summed E-state index contributed by atoms with van der Waals surface area (Å²) >= 11 is 0. The van der Waals surface area contributed by atoms with Crippen molar-refractivity contribution in [2.75, 3.05) is 0 Å². The van der Waals surface area contributed by atoms with E-state index in [0.29, 0.717) is 12.1 Å². The Balaban J connectivity index is 1.85. The van der Waals surface area contributed by atoms with E-state index in [2.05, 4.69) is 48.7 Å². The standard InChI is InChI=1S/C26H21N2O2/c1-16-6-3-7-17(2)21(16)15-28-22-9-4-8-20(26(27)29)25(22)19-12-11-18(14-23(19)28)24-10-5-13-30-24/h3-11,13-14H,15H2,1-2H3,(H2,27,29). The number of hydrogen-bond donors (Lipinski definition) is 1. The number of aromatic nitrogens is 1. The molecule has 4 nitrogen and oxygen atoms in total. The van der Waals surface area contributed by atoms with Crippen molar-refractivity contribution >= 4 is 27.7 Å². The summed E-state index contributed by atoms with van der Waals surface area (Å²) in [6, 6.07) is 23.2. The van der Waals surface area contributed by atoms with Crippen molar-refractivity contribution in [3.8, 4) is 11.3 Å². The van der Waals surface area contributed by atoms with E-state index in [-0.39, 0.29) is 0 Å². The highest BCUT2D eigenvalue weighted by Gasteiger charge is 2.18. The van der Waals surface area contributed by atoms with E-state index in [4.69, 9.17) is 10.2 Å². The van der Waals surface area contributed by atoms with Crippen molar-refractivity contribution < 1.29 is 9.21 Å². The van der Waals surface area contributed by atoms with Crippen molar-refractivity contribution in [3.05, 3.63) is 95.2 Å². The molecule has 30 heavy (non-hydrogen) atoms. The normalized spacial score (nSPS) is 11.4. The third kappa shape index (κ3) is 2.80. The van der Waals surface area contributed by atoms with Crippen LogP contribution in [0.5, 0.6) is 0 Å². The average molecular weight is 393 g/mol. The summed E-state index contributed by atoms with van der Waals surface area (Å²) in [4.78, 5) is 12.2. The smallest absolute Gasteiger partial charge is 0.249 e. The number of furan rings is 1. The second-order valence-electron chi connectivity index (χ2n) is 7.65. The van der Waals surface area contributed by atoms with E-state index in [1.165, 1.54) is 16.7 Å². The zero-order valence-electron chi connectivity index (χ0n) is 16.9. The number of amides is 1. The molecule has 2 aromatic heterocycles. The zero-order valence-corrected chi connectivity index (χ0v) is 16.9. The number of aryl methyl sites for hydroxylation is 2. The predicted molar refractivity (Wildman–Crippen MR) is 120 cm³/mol. The lowest BCUT2D eigenvalue weighted by Gasteiger charge is -2.13. The zero-order chi connectivity index (χ0) is 20.8. The number of primary amides is 1. The molecule has 5 aromatic rings. The largest absolute Gasteiger partial charge is 0.464 e. The molecule has 0 aliphatic carbocycles. The molecule has 0 fully saturated rings. The molecule has 147 valence electrons. The van der Waals surface area contributed by atoms with Gasteiger partial charge in [-0.1, -0.05) is 24.3 Å². The van der Waals surface area contributed by atoms with Gasteiger partial charge in [-0.3, -0.25) is 4.79 Å². The van der Waals surface area contributed by atoms with Crippen LogP contribution in [0, 0.1) is 19.9 Å². The lowest BCUT2D eigenvalue weighted by atomic mass is 10.0. The molecule has 0 saturated carbocycles. The van der Waals surface area contributed by atoms with Gasteiger partial charge in [0.15, 0.2) is 0 Å². The Morgan fingerprint density at radius 2 is 1.80 bits per heavy atom. The maximum atomic E-state index is 12.2. The first kappa shape index (κ1) is 18.3. The van der Waals surface area contributed by atoms with Crippen LogP contribution in [0.2, 0.25) is 0 Å². The van der Waals surface area contributed by atoms with Crippen LogP contribution in [0.15, 0.2) is 71.3 Å². The molecule has 1 radical (unpaired) electrons. The number of nitrogens with two attached hydrogens (primary N) is 1. The number of fused-ring (bicyclic) bond motifs is 3. The van der Waals surface area contributed by atoms with Crippen molar-refractivity contribution in [1.29, 1.82) is 0 Å². The molecule has 0 spiro atoms. The molecular weight excluding hydrogens is 372 g/mol. The number of rotatable bonds is 4. The second-order valence-corrected chi connectivity index (χ2v) is 7.65. The molecule has 0 aliphatic heterocycles. The van der Waals surface area contributed by atoms with Crippen molar-refractivity contribution in [3.63, 3.8) is 0 Å². The first-order valence-electron chi connectivity index (χ1n) is 9.90. The van der Waals surface area contributed by atoms with Gasteiger partial charge < -0.3 is 14.7 Å². The van der Waals surface area contributed by atoms with Crippen LogP contribution in [0.1, 0.15) is 27.0 Å². The van der Waals surface area contributed by atoms with Crippen LogP contribution in [0.4, 0.5) is 0 Å². The third-order valence-corrected chi connectivity index (χ3v) is 5.83. The van der Waals surface area contributed by atoms with Gasteiger partial charge >= 0.3 is 0 Å². The first-order chi connectivity index (χ1) is 14.5. The van der Waals surface area contributed by atoms with Gasteiger partial charge in [-0.15, -0.1) is 0 Å². The fourth-order valence-corrected chi connectivity index (χ4v) is 4.27. The number of hydrogen-bond acceptors (Lipinski definition) is 2. The van der Waals surface area contributed by atoms with Gasteiger partial charge in [-0.2, -0.15) is 0 Å². The lowest BCUT2D eigenvalue weighted by Crippen LogP contribution is -2.11. The third-order valence-electron chi connectivity index (χ3n) is 5.83. The molecule has 0 atom stereocenters. The Morgan fingerprint density at radius 3 is 2.50 bits per heavy atom. The molecule has 0 unspecified atom stereocenters. The Hall–Kier alpha value is -3.79. The van der Waals surface area contributed by atoms with Gasteiger partial charge in [0.25, 0.3) is 0 Å². The summed E-state index contributed by atoms with van der Waals surface area (Å²) in [5.41, 5.74) is 12.9. The molecule has 1 amide bonds. The Labute approximate surface area is 174 Å². The number of nitrogens with zero attached hydrogens (tertiary/aromatic N) is 1. The molecule has 4 heteroatoms. The van der Waals surface area contributed by atoms with Gasteiger partial charge in [-0.25, -0.2) is 0 Å². The van der Waals surface area contributed by atoms with Crippen LogP contribution in [0.25, 0.3) is 33.1 Å². The number of carbonyl (C=O) groups is 1. The molecule has 3 aromatic carbocycles. The van der Waals surface area contributed by atoms with E-state index >= 15 is 0 Å². The summed E-state index contributed by atoms with van der Waals surface area (Å²) in [6.07, 6.45) is 1.66. The lowest BCUT2D eigenvalue weighted by molar-refractivity contribution is 0.100. The highest BCUT2D eigenvalue weighted by Crippen LogP contribution is 2.35. The average Bonchev–Trinajstić information content (AvgIpc) is 3.37. The minimum Gasteiger partial charge on any atom is -0.464 e. The minimum absolute atomic E-state index is 0.435. The van der Waals surface area contributed by atoms with Gasteiger partial charge in [0.05, 0.1) is 17.3 Å². The minimum atomic E-state index is -0.435. The van der Waals surface area contributed by atoms with E-state index in [9.17, 15) is 4.79 Å². The van der Waals surface area contributed by atoms with Gasteiger partial charge in [0, 0.05) is 28.4 Å². The molecule has 0 aliphatic rings. The topological polar surface area (TPSA) is 61.2 Å². The molecule has 0 bridgehead atoms. The Kier molecular flexibility index (Phi) is 4.21. The highest BCUT2D eigenvalue weighted by molar-refractivity contribution is 6.18. The van der Waals surface area contributed by atoms with Crippen molar-refractivity contribution in [2.45, 2.75) is 20.4 Å². The van der Waals surface area contributed by atoms with Crippen LogP contribution in [-0.2, 0) is 6.54 Å². The van der Waals surface area contributed by atoms with Gasteiger partial charge in [0.2, 0.25) is 5.91 Å². The highest BCUT2D eigenvalue weighted by atomic mass is 16.3. The van der Waals surface area contributed by atoms with E-state index in [1.807, 2.05) is 30.3 Å². The predicted octanol–water partition coefficient (Wildman–Crippen LogP) is 5.62. The van der Waals surface area contributed by atoms with Crippen LogP contribution < -0.4 is 5.73 Å². The summed E-state index contributed by atoms with van der Waals surface area (Å²) in [5.74, 6) is 0.349. The maximum absolute atomic E-state index is 12.2. The van der Waals surface area contributed by atoms with Crippen molar-refractivity contribution in [2.24, 2.45) is 5.73 Å². The SMILES string of the molecule is Cc1cccc(C)c1Cn1c2cc(-c3ccco3)c[c]c2c2c(C(N)=O)cccc21. The second kappa shape index (κ2) is 6.92. The molecule has 0 saturated heterocycles. The van der Waals surface area contributed by atoms with E-state index in [1.54, 1.807) is 12.3 Å². The number of benzene rings is 3. The van der Waals surface area contributed by atoms with Gasteiger partial charge in [-0.05, 0) is 73.0 Å². The Bertz CT molecular complexity index is 1390. The molecule has 2 N–H and O–H groups in total. The van der Waals surface area contributed by atoms with Crippen LogP contribution >= 0.6 is 0 Å². The monoisotopic (exact) mass is 393 g/mol. The fourth-order valence-electron chi connectivity index (χ4n) is 4.27. The summed E-state index contributed by atoms with van der Waals surface area (Å²) in [7, 11) is 0. The quantitative estimate of drug-likeness (QED) is 0.431. The molecular formula is C26H21N2O2. The Morgan fingerprint density at radius 1 is 1.03 bits per heavy atom. The number of carbonyl (C=O) groups excluding carboxylic acids is 1.